The van der Waals surface area contributed by atoms with Crippen molar-refractivity contribution in [3.05, 3.63) is 150 Å². The van der Waals surface area contributed by atoms with Gasteiger partial charge in [-0.2, -0.15) is 0 Å². The first-order chi connectivity index (χ1) is 21.2. The highest BCUT2D eigenvalue weighted by molar-refractivity contribution is 7.07. The Hall–Kier alpha value is -4.39. The fraction of sp³-hybridized carbons (Fsp3) is 0.189. The molecule has 5 rings (SSSR count). The maximum absolute atomic E-state index is 13.7. The summed E-state index contributed by atoms with van der Waals surface area (Å²) >= 11 is 7.38. The molecule has 224 valence electrons. The highest BCUT2D eigenvalue weighted by Crippen LogP contribution is 2.30. The van der Waals surface area contributed by atoms with Crippen molar-refractivity contribution in [1.82, 2.24) is 4.57 Å². The first kappa shape index (κ1) is 31.0. The van der Waals surface area contributed by atoms with Gasteiger partial charge >= 0.3 is 0 Å². The van der Waals surface area contributed by atoms with Crippen LogP contribution in [0, 0.1) is 5.41 Å². The maximum atomic E-state index is 13.7. The van der Waals surface area contributed by atoms with Crippen LogP contribution in [-0.4, -0.2) is 10.4 Å². The molecule has 0 aliphatic carbocycles. The lowest BCUT2D eigenvalue weighted by Crippen LogP contribution is -2.32. The number of carbonyl (C=O) groups is 1. The second-order valence-corrected chi connectivity index (χ2v) is 13.0. The number of hydrogen-bond acceptors (Lipinski definition) is 5. The van der Waals surface area contributed by atoms with E-state index < -0.39 is 5.41 Å². The van der Waals surface area contributed by atoms with E-state index in [0.717, 1.165) is 22.3 Å². The Bertz CT molecular complexity index is 1910. The van der Waals surface area contributed by atoms with Crippen LogP contribution in [0.5, 0.6) is 11.5 Å². The summed E-state index contributed by atoms with van der Waals surface area (Å²) < 4.78 is 15.2. The predicted molar refractivity (Wildman–Crippen MR) is 179 cm³/mol. The van der Waals surface area contributed by atoms with E-state index in [-0.39, 0.29) is 11.3 Å². The summed E-state index contributed by atoms with van der Waals surface area (Å²) in [5, 5.41) is 0.622. The molecule has 5 aromatic rings. The van der Waals surface area contributed by atoms with E-state index in [0.29, 0.717) is 45.5 Å². The highest BCUT2D eigenvalue weighted by atomic mass is 35.5. The average Bonchev–Trinajstić information content (AvgIpc) is 3.30. The first-order valence-corrected chi connectivity index (χ1v) is 15.5. The molecule has 0 aliphatic heterocycles. The summed E-state index contributed by atoms with van der Waals surface area (Å²) in [5.74, 6) is 1.14. The van der Waals surface area contributed by atoms with Gasteiger partial charge in [-0.25, -0.2) is 0 Å². The Kier molecular flexibility index (Phi) is 9.83. The summed E-state index contributed by atoms with van der Waals surface area (Å²) in [7, 11) is 0. The number of nitrogens with zero attached hydrogens (tertiary/aromatic N) is 1. The van der Waals surface area contributed by atoms with E-state index >= 15 is 0 Å². The van der Waals surface area contributed by atoms with Gasteiger partial charge in [0, 0.05) is 16.5 Å². The Morgan fingerprint density at radius 3 is 1.98 bits per heavy atom. The fourth-order valence-corrected chi connectivity index (χ4v) is 5.53. The van der Waals surface area contributed by atoms with Gasteiger partial charge in [0.1, 0.15) is 17.9 Å². The Labute approximate surface area is 266 Å². The smallest absolute Gasteiger partial charge is 0.269 e. The van der Waals surface area contributed by atoms with Crippen molar-refractivity contribution >= 4 is 40.9 Å². The lowest BCUT2D eigenvalue weighted by Gasteiger charge is -2.14. The summed E-state index contributed by atoms with van der Waals surface area (Å²) in [4.78, 5) is 26.7. The molecule has 0 amide bonds. The molecular weight excluding hydrogens is 590 g/mol. The van der Waals surface area contributed by atoms with Gasteiger partial charge in [0.2, 0.25) is 0 Å². The number of aromatic nitrogens is 1. The number of ether oxygens (including phenoxy) is 2. The largest absolute Gasteiger partial charge is 0.485 e. The fourth-order valence-electron chi connectivity index (χ4n) is 4.36. The SMILES string of the molecule is CC(C)(C)C(=O)C=c1sc(=Cc2ccc(OCc3ccccc3)c(OCc3ccccc3)c2)c(=O)n1Cc1ccc(Cl)cc1. The zero-order valence-corrected chi connectivity index (χ0v) is 26.5. The monoisotopic (exact) mass is 623 g/mol. The molecule has 4 aromatic carbocycles. The highest BCUT2D eigenvalue weighted by Gasteiger charge is 2.20. The Balaban J connectivity index is 1.53. The molecule has 7 heteroatoms. The van der Waals surface area contributed by atoms with Crippen molar-refractivity contribution in [3.8, 4) is 11.5 Å². The molecule has 0 spiro atoms. The third-order valence-electron chi connectivity index (χ3n) is 6.92. The molecule has 0 atom stereocenters. The predicted octanol–water partition coefficient (Wildman–Crippen LogP) is 6.99. The number of benzene rings is 4. The summed E-state index contributed by atoms with van der Waals surface area (Å²) in [6.45, 7) is 6.69. The van der Waals surface area contributed by atoms with Gasteiger partial charge in [0.25, 0.3) is 5.56 Å². The molecule has 0 N–H and O–H groups in total. The number of Topliss-reactive ketones (excluding diaryl/α,β-unsaturated/α-hetero) is 1. The zero-order valence-electron chi connectivity index (χ0n) is 25.0. The summed E-state index contributed by atoms with van der Waals surface area (Å²) in [6, 6.07) is 32.9. The van der Waals surface area contributed by atoms with Gasteiger partial charge in [0.05, 0.1) is 11.1 Å². The van der Waals surface area contributed by atoms with Crippen LogP contribution >= 0.6 is 22.9 Å². The molecule has 0 fully saturated rings. The number of carbonyl (C=O) groups excluding carboxylic acids is 1. The molecule has 0 aliphatic rings. The molecule has 1 heterocycles. The maximum Gasteiger partial charge on any atom is 0.269 e. The lowest BCUT2D eigenvalue weighted by atomic mass is 9.91. The van der Waals surface area contributed by atoms with Crippen molar-refractivity contribution in [2.75, 3.05) is 0 Å². The van der Waals surface area contributed by atoms with Crippen LogP contribution in [0.4, 0.5) is 0 Å². The molecule has 0 unspecified atom stereocenters. The van der Waals surface area contributed by atoms with Gasteiger partial charge in [-0.15, -0.1) is 11.3 Å². The summed E-state index contributed by atoms with van der Waals surface area (Å²) in [6.07, 6.45) is 3.41. The number of ketones is 1. The Morgan fingerprint density at radius 2 is 1.39 bits per heavy atom. The van der Waals surface area contributed by atoms with Crippen LogP contribution in [0.2, 0.25) is 5.02 Å². The molecule has 0 bridgehead atoms. The van der Waals surface area contributed by atoms with Gasteiger partial charge in [-0.1, -0.05) is 111 Å². The van der Waals surface area contributed by atoms with Gasteiger partial charge < -0.3 is 9.47 Å². The van der Waals surface area contributed by atoms with E-state index in [1.807, 2.05) is 118 Å². The second-order valence-electron chi connectivity index (χ2n) is 11.5. The second kappa shape index (κ2) is 13.9. The van der Waals surface area contributed by atoms with E-state index in [2.05, 4.69) is 0 Å². The van der Waals surface area contributed by atoms with E-state index in [4.69, 9.17) is 21.1 Å². The lowest BCUT2D eigenvalue weighted by molar-refractivity contribution is -0.120. The Morgan fingerprint density at radius 1 is 0.795 bits per heavy atom. The normalized spacial score (nSPS) is 12.4. The van der Waals surface area contributed by atoms with Crippen LogP contribution < -0.4 is 24.2 Å². The third-order valence-corrected chi connectivity index (χ3v) is 8.24. The van der Waals surface area contributed by atoms with Crippen LogP contribution in [0.1, 0.15) is 43.0 Å². The van der Waals surface area contributed by atoms with Gasteiger partial charge in [-0.3, -0.25) is 14.2 Å². The van der Waals surface area contributed by atoms with Crippen molar-refractivity contribution in [2.24, 2.45) is 5.41 Å². The molecule has 5 nitrogen and oxygen atoms in total. The van der Waals surface area contributed by atoms with Crippen molar-refractivity contribution in [2.45, 2.75) is 40.5 Å². The van der Waals surface area contributed by atoms with Crippen molar-refractivity contribution in [3.63, 3.8) is 0 Å². The van der Waals surface area contributed by atoms with Crippen LogP contribution in [0.25, 0.3) is 12.2 Å². The number of rotatable bonds is 10. The van der Waals surface area contributed by atoms with Gasteiger partial charge in [-0.05, 0) is 52.6 Å². The number of thiazole rings is 1. The number of halogens is 1. The molecule has 0 saturated carbocycles. The quantitative estimate of drug-likeness (QED) is 0.168. The van der Waals surface area contributed by atoms with Crippen LogP contribution in [-0.2, 0) is 24.6 Å². The molecule has 0 saturated heterocycles. The molecular formula is C37H34ClNO4S. The minimum absolute atomic E-state index is 0.0494. The minimum atomic E-state index is -0.574. The zero-order chi connectivity index (χ0) is 31.1. The van der Waals surface area contributed by atoms with Crippen LogP contribution in [0.15, 0.2) is 108 Å². The topological polar surface area (TPSA) is 57.5 Å². The first-order valence-electron chi connectivity index (χ1n) is 14.4. The van der Waals surface area contributed by atoms with E-state index in [1.165, 1.54) is 11.3 Å². The van der Waals surface area contributed by atoms with E-state index in [9.17, 15) is 9.59 Å². The van der Waals surface area contributed by atoms with Crippen molar-refractivity contribution < 1.29 is 14.3 Å². The third kappa shape index (κ3) is 8.16. The molecule has 1 aromatic heterocycles. The molecule has 44 heavy (non-hydrogen) atoms. The molecule has 0 radical (unpaired) electrons. The van der Waals surface area contributed by atoms with Gasteiger partial charge in [0.15, 0.2) is 17.3 Å². The van der Waals surface area contributed by atoms with E-state index in [1.54, 1.807) is 22.8 Å². The summed E-state index contributed by atoms with van der Waals surface area (Å²) in [5.41, 5.74) is 3.03. The average molecular weight is 624 g/mol. The van der Waals surface area contributed by atoms with Crippen molar-refractivity contribution in [1.29, 1.82) is 0 Å². The minimum Gasteiger partial charge on any atom is -0.485 e. The number of hydrogen-bond donors (Lipinski definition) is 0. The van der Waals surface area contributed by atoms with Crippen LogP contribution in [0.3, 0.4) is 0 Å². The standard InChI is InChI=1S/C37H34ClNO4S/c1-37(2,3)34(40)22-35-39(23-26-14-17-30(38)18-15-26)36(41)33(44-35)21-29-16-19-31(42-24-27-10-6-4-7-11-27)32(20-29)43-25-28-12-8-5-9-13-28/h4-22H,23-25H2,1-3H3.